The fourth-order valence-electron chi connectivity index (χ4n) is 3.77. The summed E-state index contributed by atoms with van der Waals surface area (Å²) in [5.41, 5.74) is 14.4. The van der Waals surface area contributed by atoms with Crippen LogP contribution in [-0.4, -0.2) is 11.1 Å². The summed E-state index contributed by atoms with van der Waals surface area (Å²) in [6.07, 6.45) is 1.48. The molecular weight excluding hydrogens is 356 g/mol. The van der Waals surface area contributed by atoms with Crippen LogP contribution < -0.4 is 11.2 Å². The lowest BCUT2D eigenvalue weighted by atomic mass is 9.91. The van der Waals surface area contributed by atoms with Crippen molar-refractivity contribution in [1.82, 2.24) is 10.4 Å². The van der Waals surface area contributed by atoms with Crippen LogP contribution >= 0.6 is 0 Å². The predicted molar refractivity (Wildman–Crippen MR) is 107 cm³/mol. The molecule has 1 aliphatic rings. The molecule has 3 N–H and O–H groups in total. The Morgan fingerprint density at radius 3 is 2.46 bits per heavy atom. The SMILES string of the molecule is Nc1cccc(CNN2Cc3ccc(F)cc3CC2Cc2ccc(F)cc2)c1. The second-order valence-corrected chi connectivity index (χ2v) is 7.31. The molecule has 28 heavy (non-hydrogen) atoms. The fourth-order valence-corrected chi connectivity index (χ4v) is 3.77. The van der Waals surface area contributed by atoms with Crippen molar-refractivity contribution in [3.8, 4) is 0 Å². The highest BCUT2D eigenvalue weighted by atomic mass is 19.1. The maximum Gasteiger partial charge on any atom is 0.123 e. The Morgan fingerprint density at radius 2 is 1.68 bits per heavy atom. The zero-order chi connectivity index (χ0) is 19.5. The lowest BCUT2D eigenvalue weighted by Gasteiger charge is -2.37. The third-order valence-electron chi connectivity index (χ3n) is 5.23. The highest BCUT2D eigenvalue weighted by Crippen LogP contribution is 2.25. The van der Waals surface area contributed by atoms with Crippen molar-refractivity contribution in [3.05, 3.63) is 101 Å². The number of nitrogens with one attached hydrogen (secondary N) is 1. The van der Waals surface area contributed by atoms with Gasteiger partial charge in [-0.25, -0.2) is 13.8 Å². The minimum atomic E-state index is -0.239. The minimum absolute atomic E-state index is 0.140. The molecule has 0 bridgehead atoms. The van der Waals surface area contributed by atoms with Gasteiger partial charge in [0.15, 0.2) is 0 Å². The number of anilines is 1. The Bertz CT molecular complexity index is 956. The molecule has 1 aliphatic heterocycles. The number of nitrogens with zero attached hydrogens (tertiary/aromatic N) is 1. The number of fused-ring (bicyclic) bond motifs is 1. The summed E-state index contributed by atoms with van der Waals surface area (Å²) in [4.78, 5) is 0. The van der Waals surface area contributed by atoms with Gasteiger partial charge in [0, 0.05) is 24.8 Å². The Labute approximate surface area is 163 Å². The van der Waals surface area contributed by atoms with Crippen LogP contribution in [0.3, 0.4) is 0 Å². The van der Waals surface area contributed by atoms with Crippen LogP contribution in [0.5, 0.6) is 0 Å². The number of hydrazine groups is 1. The number of hydrogen-bond acceptors (Lipinski definition) is 3. The summed E-state index contributed by atoms with van der Waals surface area (Å²) >= 11 is 0. The van der Waals surface area contributed by atoms with Gasteiger partial charge in [0.25, 0.3) is 0 Å². The van der Waals surface area contributed by atoms with Crippen LogP contribution in [0.15, 0.2) is 66.7 Å². The summed E-state index contributed by atoms with van der Waals surface area (Å²) < 4.78 is 27.0. The van der Waals surface area contributed by atoms with Gasteiger partial charge in [0.05, 0.1) is 0 Å². The number of rotatable bonds is 5. The van der Waals surface area contributed by atoms with E-state index in [1.807, 2.05) is 42.5 Å². The molecule has 0 spiro atoms. The molecule has 0 aliphatic carbocycles. The predicted octanol–water partition coefficient (Wildman–Crippen LogP) is 4.22. The first kappa shape index (κ1) is 18.6. The second-order valence-electron chi connectivity index (χ2n) is 7.31. The van der Waals surface area contributed by atoms with Crippen LogP contribution in [0.25, 0.3) is 0 Å². The van der Waals surface area contributed by atoms with Gasteiger partial charge in [-0.05, 0) is 71.5 Å². The van der Waals surface area contributed by atoms with Gasteiger partial charge < -0.3 is 5.73 Å². The Hall–Kier alpha value is -2.76. The van der Waals surface area contributed by atoms with Crippen LogP contribution in [0.2, 0.25) is 0 Å². The van der Waals surface area contributed by atoms with Crippen molar-refractivity contribution < 1.29 is 8.78 Å². The van der Waals surface area contributed by atoms with Crippen molar-refractivity contribution in [2.75, 3.05) is 5.73 Å². The topological polar surface area (TPSA) is 41.3 Å². The van der Waals surface area contributed by atoms with Gasteiger partial charge in [-0.15, -0.1) is 0 Å². The quantitative estimate of drug-likeness (QED) is 0.652. The third kappa shape index (κ3) is 4.38. The van der Waals surface area contributed by atoms with E-state index in [0.29, 0.717) is 13.1 Å². The Balaban J connectivity index is 1.54. The van der Waals surface area contributed by atoms with Crippen molar-refractivity contribution in [2.24, 2.45) is 0 Å². The number of hydrogen-bond donors (Lipinski definition) is 2. The van der Waals surface area contributed by atoms with Crippen LogP contribution in [0.4, 0.5) is 14.5 Å². The first-order valence-electron chi connectivity index (χ1n) is 9.43. The van der Waals surface area contributed by atoms with Gasteiger partial charge in [0.1, 0.15) is 11.6 Å². The number of nitrogen functional groups attached to an aromatic ring is 1. The molecule has 144 valence electrons. The molecule has 3 aromatic carbocycles. The first-order chi connectivity index (χ1) is 13.6. The van der Waals surface area contributed by atoms with Crippen molar-refractivity contribution in [3.63, 3.8) is 0 Å². The van der Waals surface area contributed by atoms with Gasteiger partial charge in [-0.3, -0.25) is 5.43 Å². The normalized spacial score (nSPS) is 16.7. The van der Waals surface area contributed by atoms with E-state index < -0.39 is 0 Å². The lowest BCUT2D eigenvalue weighted by Crippen LogP contribution is -2.49. The monoisotopic (exact) mass is 379 g/mol. The average molecular weight is 379 g/mol. The van der Waals surface area contributed by atoms with E-state index in [2.05, 4.69) is 10.4 Å². The van der Waals surface area contributed by atoms with E-state index in [4.69, 9.17) is 5.73 Å². The van der Waals surface area contributed by atoms with Crippen LogP contribution in [0, 0.1) is 11.6 Å². The fraction of sp³-hybridized carbons (Fsp3) is 0.217. The lowest BCUT2D eigenvalue weighted by molar-refractivity contribution is 0.0972. The average Bonchev–Trinajstić information content (AvgIpc) is 2.68. The molecule has 0 saturated carbocycles. The minimum Gasteiger partial charge on any atom is -0.399 e. The van der Waals surface area contributed by atoms with Crippen LogP contribution in [-0.2, 0) is 25.9 Å². The highest BCUT2D eigenvalue weighted by molar-refractivity contribution is 5.40. The molecule has 1 unspecified atom stereocenters. The van der Waals surface area contributed by atoms with Crippen LogP contribution in [0.1, 0.15) is 22.3 Å². The number of benzene rings is 3. The Kier molecular flexibility index (Phi) is 5.37. The van der Waals surface area contributed by atoms with Gasteiger partial charge in [-0.1, -0.05) is 30.3 Å². The summed E-state index contributed by atoms with van der Waals surface area (Å²) in [7, 11) is 0. The standard InChI is InChI=1S/C23H23F2N3/c24-20-7-4-16(5-8-20)11-23-13-19-12-21(25)9-6-18(19)15-28(23)27-14-17-2-1-3-22(26)10-17/h1-10,12,23,27H,11,13-15,26H2. The van der Waals surface area contributed by atoms with E-state index in [1.165, 1.54) is 18.2 Å². The molecule has 0 amide bonds. The van der Waals surface area contributed by atoms with E-state index in [-0.39, 0.29) is 17.7 Å². The molecule has 1 heterocycles. The van der Waals surface area contributed by atoms with Crippen molar-refractivity contribution >= 4 is 5.69 Å². The van der Waals surface area contributed by atoms with E-state index >= 15 is 0 Å². The largest absolute Gasteiger partial charge is 0.399 e. The molecule has 0 radical (unpaired) electrons. The Morgan fingerprint density at radius 1 is 0.893 bits per heavy atom. The molecule has 4 rings (SSSR count). The molecular formula is C23H23F2N3. The maximum absolute atomic E-state index is 13.7. The molecule has 5 heteroatoms. The van der Waals surface area contributed by atoms with E-state index in [1.54, 1.807) is 6.07 Å². The van der Waals surface area contributed by atoms with E-state index in [0.717, 1.165) is 40.8 Å². The van der Waals surface area contributed by atoms with E-state index in [9.17, 15) is 8.78 Å². The van der Waals surface area contributed by atoms with Crippen molar-refractivity contribution in [2.45, 2.75) is 32.0 Å². The molecule has 1 atom stereocenters. The summed E-state index contributed by atoms with van der Waals surface area (Å²) in [5.74, 6) is -0.447. The zero-order valence-corrected chi connectivity index (χ0v) is 15.5. The highest BCUT2D eigenvalue weighted by Gasteiger charge is 2.26. The maximum atomic E-state index is 13.7. The summed E-state index contributed by atoms with van der Waals surface area (Å²) in [6.45, 7) is 1.34. The van der Waals surface area contributed by atoms with Gasteiger partial charge >= 0.3 is 0 Å². The molecule has 3 nitrogen and oxygen atoms in total. The molecule has 0 saturated heterocycles. The summed E-state index contributed by atoms with van der Waals surface area (Å²) in [6, 6.07) is 19.5. The van der Waals surface area contributed by atoms with Gasteiger partial charge in [-0.2, -0.15) is 0 Å². The number of halogens is 2. The molecule has 0 fully saturated rings. The number of nitrogens with two attached hydrogens (primary N) is 1. The zero-order valence-electron chi connectivity index (χ0n) is 15.5. The third-order valence-corrected chi connectivity index (χ3v) is 5.23. The summed E-state index contributed by atoms with van der Waals surface area (Å²) in [5, 5.41) is 2.20. The van der Waals surface area contributed by atoms with Crippen molar-refractivity contribution in [1.29, 1.82) is 0 Å². The first-order valence-corrected chi connectivity index (χ1v) is 9.43. The second kappa shape index (κ2) is 8.09. The van der Waals surface area contributed by atoms with Gasteiger partial charge in [0.2, 0.25) is 0 Å². The molecule has 3 aromatic rings. The smallest absolute Gasteiger partial charge is 0.123 e. The molecule has 0 aromatic heterocycles.